The molecule has 5 nitrogen and oxygen atoms in total. The highest BCUT2D eigenvalue weighted by atomic mass is 32.2. The highest BCUT2D eigenvalue weighted by Crippen LogP contribution is 2.36. The smallest absolute Gasteiger partial charge is 0.274 e. The maximum Gasteiger partial charge on any atom is 0.274 e. The zero-order valence-electron chi connectivity index (χ0n) is 11.5. The molecule has 108 valence electrons. The Morgan fingerprint density at radius 2 is 2.05 bits per heavy atom. The van der Waals surface area contributed by atoms with Crippen molar-refractivity contribution in [2.45, 2.75) is 56.7 Å². The van der Waals surface area contributed by atoms with E-state index in [-0.39, 0.29) is 10.6 Å². The van der Waals surface area contributed by atoms with Gasteiger partial charge in [-0.2, -0.15) is 0 Å². The van der Waals surface area contributed by atoms with Gasteiger partial charge in [-0.1, -0.05) is 13.8 Å². The first-order chi connectivity index (χ1) is 9.01. The Bertz CT molecular complexity index is 512. The van der Waals surface area contributed by atoms with E-state index in [2.05, 4.69) is 10.0 Å². The monoisotopic (exact) mass is 286 g/mol. The summed E-state index contributed by atoms with van der Waals surface area (Å²) in [5.41, 5.74) is -0.256. The molecule has 0 aromatic carbocycles. The Balaban J connectivity index is 2.08. The fraction of sp³-hybridized carbons (Fsp3) is 0.692. The molecule has 1 heterocycles. The van der Waals surface area contributed by atoms with Crippen LogP contribution >= 0.6 is 0 Å². The molecule has 1 saturated carbocycles. The van der Waals surface area contributed by atoms with Gasteiger partial charge in [0.2, 0.25) is 5.09 Å². The molecule has 2 rings (SSSR count). The molecule has 1 aliphatic carbocycles. The van der Waals surface area contributed by atoms with Gasteiger partial charge in [-0.25, -0.2) is 13.1 Å². The van der Waals surface area contributed by atoms with Gasteiger partial charge in [0.1, 0.15) is 5.76 Å². The molecule has 0 radical (unpaired) electrons. The maximum atomic E-state index is 12.3. The van der Waals surface area contributed by atoms with E-state index in [1.807, 2.05) is 13.8 Å². The van der Waals surface area contributed by atoms with Crippen LogP contribution in [0.5, 0.6) is 0 Å². The zero-order valence-corrected chi connectivity index (χ0v) is 12.3. The van der Waals surface area contributed by atoms with E-state index in [1.54, 1.807) is 6.07 Å². The quantitative estimate of drug-likeness (QED) is 0.804. The van der Waals surface area contributed by atoms with E-state index in [0.717, 1.165) is 32.2 Å². The van der Waals surface area contributed by atoms with Crippen molar-refractivity contribution in [3.05, 3.63) is 17.9 Å². The third-order valence-corrected chi connectivity index (χ3v) is 5.24. The van der Waals surface area contributed by atoms with Crippen LogP contribution in [0.3, 0.4) is 0 Å². The fourth-order valence-corrected chi connectivity index (χ4v) is 3.80. The van der Waals surface area contributed by atoms with Gasteiger partial charge >= 0.3 is 0 Å². The first-order valence-electron chi connectivity index (χ1n) is 6.85. The summed E-state index contributed by atoms with van der Waals surface area (Å²) < 4.78 is 32.7. The predicted octanol–water partition coefficient (Wildman–Crippen LogP) is 2.00. The first-order valence-corrected chi connectivity index (χ1v) is 8.33. The van der Waals surface area contributed by atoms with Crippen molar-refractivity contribution in [2.75, 3.05) is 6.54 Å². The molecular weight excluding hydrogens is 264 g/mol. The second-order valence-electron chi connectivity index (χ2n) is 5.09. The molecular formula is C13H22N2O3S. The lowest BCUT2D eigenvalue weighted by atomic mass is 9.76. The van der Waals surface area contributed by atoms with Crippen LogP contribution in [0, 0.1) is 0 Å². The molecule has 0 unspecified atom stereocenters. The highest BCUT2D eigenvalue weighted by molar-refractivity contribution is 7.89. The molecule has 19 heavy (non-hydrogen) atoms. The number of hydrogen-bond donors (Lipinski definition) is 2. The van der Waals surface area contributed by atoms with Crippen LogP contribution in [-0.2, 0) is 16.6 Å². The fourth-order valence-electron chi connectivity index (χ4n) is 2.31. The summed E-state index contributed by atoms with van der Waals surface area (Å²) in [5.74, 6) is 0.640. The molecule has 0 atom stereocenters. The molecule has 0 amide bonds. The lowest BCUT2D eigenvalue weighted by molar-refractivity contribution is 0.212. The van der Waals surface area contributed by atoms with Crippen LogP contribution in [0.2, 0.25) is 0 Å². The maximum absolute atomic E-state index is 12.3. The molecule has 0 aliphatic heterocycles. The van der Waals surface area contributed by atoms with Crippen LogP contribution in [0.25, 0.3) is 0 Å². The molecule has 1 aromatic rings. The van der Waals surface area contributed by atoms with Crippen molar-refractivity contribution >= 4 is 10.0 Å². The second-order valence-corrected chi connectivity index (χ2v) is 6.71. The third-order valence-electron chi connectivity index (χ3n) is 3.79. The molecule has 6 heteroatoms. The minimum atomic E-state index is -3.54. The molecule has 1 aliphatic rings. The Hall–Kier alpha value is -0.850. The Morgan fingerprint density at radius 1 is 1.32 bits per heavy atom. The number of furan rings is 1. The first kappa shape index (κ1) is 14.6. The predicted molar refractivity (Wildman–Crippen MR) is 73.3 cm³/mol. The van der Waals surface area contributed by atoms with Gasteiger partial charge in [-0.15, -0.1) is 0 Å². The largest absolute Gasteiger partial charge is 0.447 e. The average Bonchev–Trinajstić information content (AvgIpc) is 2.81. The van der Waals surface area contributed by atoms with E-state index in [1.165, 1.54) is 6.07 Å². The SMILES string of the molecule is CCNCc1ccc(S(=O)(=O)NC2(CC)CCC2)o1. The van der Waals surface area contributed by atoms with Crippen LogP contribution in [0.1, 0.15) is 45.3 Å². The Kier molecular flexibility index (Phi) is 4.32. The third kappa shape index (κ3) is 3.19. The molecule has 0 bridgehead atoms. The van der Waals surface area contributed by atoms with Crippen LogP contribution in [0.4, 0.5) is 0 Å². The Morgan fingerprint density at radius 3 is 2.58 bits per heavy atom. The van der Waals surface area contributed by atoms with Gasteiger partial charge in [-0.05, 0) is 44.4 Å². The number of rotatable bonds is 7. The summed E-state index contributed by atoms with van der Waals surface area (Å²) in [7, 11) is -3.54. The molecule has 1 fully saturated rings. The van der Waals surface area contributed by atoms with Crippen LogP contribution in [0.15, 0.2) is 21.6 Å². The van der Waals surface area contributed by atoms with Gasteiger partial charge in [0, 0.05) is 5.54 Å². The molecule has 0 saturated heterocycles. The van der Waals surface area contributed by atoms with Crippen molar-refractivity contribution in [2.24, 2.45) is 0 Å². The van der Waals surface area contributed by atoms with E-state index in [4.69, 9.17) is 4.42 Å². The van der Waals surface area contributed by atoms with Crippen molar-refractivity contribution < 1.29 is 12.8 Å². The lowest BCUT2D eigenvalue weighted by Gasteiger charge is -2.41. The highest BCUT2D eigenvalue weighted by Gasteiger charge is 2.39. The van der Waals surface area contributed by atoms with Gasteiger partial charge in [0.15, 0.2) is 0 Å². The second kappa shape index (κ2) is 5.64. The molecule has 2 N–H and O–H groups in total. The summed E-state index contributed by atoms with van der Waals surface area (Å²) in [6.07, 6.45) is 3.72. The summed E-state index contributed by atoms with van der Waals surface area (Å²) in [6.45, 7) is 5.37. The topological polar surface area (TPSA) is 71.3 Å². The average molecular weight is 286 g/mol. The van der Waals surface area contributed by atoms with E-state index in [9.17, 15) is 8.42 Å². The number of hydrogen-bond acceptors (Lipinski definition) is 4. The van der Waals surface area contributed by atoms with Gasteiger partial charge < -0.3 is 9.73 Å². The Labute approximate surface area is 114 Å². The lowest BCUT2D eigenvalue weighted by Crippen LogP contribution is -2.52. The summed E-state index contributed by atoms with van der Waals surface area (Å²) in [5, 5.41) is 3.12. The van der Waals surface area contributed by atoms with E-state index in [0.29, 0.717) is 12.3 Å². The van der Waals surface area contributed by atoms with Crippen LogP contribution < -0.4 is 10.0 Å². The summed E-state index contributed by atoms with van der Waals surface area (Å²) in [6, 6.07) is 3.23. The summed E-state index contributed by atoms with van der Waals surface area (Å²) >= 11 is 0. The zero-order chi connectivity index (χ0) is 13.9. The van der Waals surface area contributed by atoms with Gasteiger partial charge in [0.25, 0.3) is 10.0 Å². The number of nitrogens with one attached hydrogen (secondary N) is 2. The van der Waals surface area contributed by atoms with Crippen molar-refractivity contribution in [1.82, 2.24) is 10.0 Å². The van der Waals surface area contributed by atoms with Crippen molar-refractivity contribution in [3.8, 4) is 0 Å². The van der Waals surface area contributed by atoms with Gasteiger partial charge in [0.05, 0.1) is 6.54 Å². The summed E-state index contributed by atoms with van der Waals surface area (Å²) in [4.78, 5) is 0. The standard InChI is InChI=1S/C13H22N2O3S/c1-3-13(8-5-9-13)15-19(16,17)12-7-6-11(18-12)10-14-4-2/h6-7,14-15H,3-5,8-10H2,1-2H3. The minimum absolute atomic E-state index is 0.0140. The normalized spacial score (nSPS) is 18.2. The molecule has 1 aromatic heterocycles. The van der Waals surface area contributed by atoms with Crippen molar-refractivity contribution in [1.29, 1.82) is 0 Å². The van der Waals surface area contributed by atoms with Crippen LogP contribution in [-0.4, -0.2) is 20.5 Å². The van der Waals surface area contributed by atoms with Crippen molar-refractivity contribution in [3.63, 3.8) is 0 Å². The van der Waals surface area contributed by atoms with Gasteiger partial charge in [-0.3, -0.25) is 0 Å². The van der Waals surface area contributed by atoms with E-state index < -0.39 is 10.0 Å². The van der Waals surface area contributed by atoms with E-state index >= 15 is 0 Å². The molecule has 0 spiro atoms. The number of sulfonamides is 1. The minimum Gasteiger partial charge on any atom is -0.447 e.